The Balaban J connectivity index is 3.09. The van der Waals surface area contributed by atoms with E-state index in [0.717, 1.165) is 0 Å². The Morgan fingerprint density at radius 1 is 1.00 bits per heavy atom. The molecule has 1 aliphatic heterocycles. The molecule has 0 aromatic heterocycles. The van der Waals surface area contributed by atoms with E-state index in [1.54, 1.807) is 0 Å². The number of ether oxygens (including phenoxy) is 2. The average Bonchev–Trinajstić information content (AvgIpc) is 2.48. The fourth-order valence-electron chi connectivity index (χ4n) is 1.02. The van der Waals surface area contributed by atoms with Crippen LogP contribution in [0.25, 0.3) is 0 Å². The van der Waals surface area contributed by atoms with Crippen LogP contribution >= 0.6 is 0 Å². The topological polar surface area (TPSA) is 35.5 Å². The fourth-order valence-corrected chi connectivity index (χ4v) is 1.02. The van der Waals surface area contributed by atoms with Gasteiger partial charge in [0.1, 0.15) is 0 Å². The van der Waals surface area contributed by atoms with Crippen LogP contribution in [0.4, 0.5) is 26.3 Å². The second kappa shape index (κ2) is 3.34. The molecule has 9 heteroatoms. The molecule has 0 saturated carbocycles. The summed E-state index contributed by atoms with van der Waals surface area (Å²) in [5, 5.41) is 0. The molecule has 0 radical (unpaired) electrons. The summed E-state index contributed by atoms with van der Waals surface area (Å²) in [5.74, 6) is -7.29. The molecule has 0 amide bonds. The number of alkyl halides is 6. The van der Waals surface area contributed by atoms with Crippen LogP contribution < -0.4 is 0 Å². The van der Waals surface area contributed by atoms with Crippen LogP contribution in [-0.2, 0) is 14.3 Å². The van der Waals surface area contributed by atoms with Gasteiger partial charge in [0, 0.05) is 0 Å². The van der Waals surface area contributed by atoms with Gasteiger partial charge in [-0.1, -0.05) is 0 Å². The molecule has 0 N–H and O–H groups in total. The third-order valence-electron chi connectivity index (χ3n) is 1.62. The van der Waals surface area contributed by atoms with E-state index >= 15 is 0 Å². The maximum atomic E-state index is 12.2. The molecule has 1 aliphatic rings. The highest BCUT2D eigenvalue weighted by Gasteiger charge is 2.71. The molecule has 0 aliphatic carbocycles. The van der Waals surface area contributed by atoms with Crippen LogP contribution in [0, 0.1) is 0 Å². The number of hydrogen-bond acceptors (Lipinski definition) is 3. The van der Waals surface area contributed by atoms with Gasteiger partial charge in [0.05, 0.1) is 13.2 Å². The Bertz CT molecular complexity index is 261. The summed E-state index contributed by atoms with van der Waals surface area (Å²) >= 11 is 0. The third-order valence-corrected chi connectivity index (χ3v) is 1.62. The van der Waals surface area contributed by atoms with Gasteiger partial charge < -0.3 is 9.47 Å². The van der Waals surface area contributed by atoms with E-state index < -0.39 is 37.1 Å². The molecular formula is C6H4F6O3. The zero-order valence-electron chi connectivity index (χ0n) is 6.91. The monoisotopic (exact) mass is 238 g/mol. The van der Waals surface area contributed by atoms with E-state index in [2.05, 4.69) is 9.47 Å². The van der Waals surface area contributed by atoms with E-state index in [0.29, 0.717) is 0 Å². The van der Waals surface area contributed by atoms with E-state index in [4.69, 9.17) is 0 Å². The summed E-state index contributed by atoms with van der Waals surface area (Å²) in [6, 6.07) is 0. The molecule has 0 aromatic rings. The van der Waals surface area contributed by atoms with Gasteiger partial charge in [-0.2, -0.15) is 26.3 Å². The SMILES string of the molecule is O=C(C(F)(F)F)C1(C(F)(F)F)OCCO1. The number of ketones is 1. The number of hydrogen-bond donors (Lipinski definition) is 0. The van der Waals surface area contributed by atoms with Crippen molar-refractivity contribution in [1.29, 1.82) is 0 Å². The summed E-state index contributed by atoms with van der Waals surface area (Å²) in [4.78, 5) is 10.5. The first-order valence-electron chi connectivity index (χ1n) is 3.57. The largest absolute Gasteiger partial charge is 0.456 e. The quantitative estimate of drug-likeness (QED) is 0.648. The first kappa shape index (κ1) is 12.2. The van der Waals surface area contributed by atoms with Crippen molar-refractivity contribution in [2.75, 3.05) is 13.2 Å². The molecule has 0 bridgehead atoms. The molecule has 15 heavy (non-hydrogen) atoms. The van der Waals surface area contributed by atoms with Crippen molar-refractivity contribution in [2.24, 2.45) is 0 Å². The Morgan fingerprint density at radius 2 is 1.40 bits per heavy atom. The van der Waals surface area contributed by atoms with Gasteiger partial charge in [-0.15, -0.1) is 0 Å². The van der Waals surface area contributed by atoms with Crippen molar-refractivity contribution in [3.63, 3.8) is 0 Å². The van der Waals surface area contributed by atoms with Crippen LogP contribution in [0.1, 0.15) is 0 Å². The normalized spacial score (nSPS) is 21.7. The molecule has 1 heterocycles. The number of halogens is 6. The van der Waals surface area contributed by atoms with Crippen LogP contribution in [0.5, 0.6) is 0 Å². The zero-order chi connectivity index (χ0) is 11.9. The molecule has 0 aromatic carbocycles. The Kier molecular flexibility index (Phi) is 2.72. The Morgan fingerprint density at radius 3 is 1.67 bits per heavy atom. The minimum atomic E-state index is -5.67. The van der Waals surface area contributed by atoms with E-state index in [-0.39, 0.29) is 0 Å². The average molecular weight is 238 g/mol. The lowest BCUT2D eigenvalue weighted by molar-refractivity contribution is -0.334. The van der Waals surface area contributed by atoms with E-state index in [1.807, 2.05) is 0 Å². The molecule has 1 saturated heterocycles. The van der Waals surface area contributed by atoms with Gasteiger partial charge in [-0.3, -0.25) is 4.79 Å². The Labute approximate surface area is 78.9 Å². The number of carbonyl (C=O) groups excluding carboxylic acids is 1. The molecule has 1 rings (SSSR count). The van der Waals surface area contributed by atoms with Crippen LogP contribution in [-0.4, -0.2) is 37.1 Å². The second-order valence-corrected chi connectivity index (χ2v) is 2.64. The maximum absolute atomic E-state index is 12.2. The zero-order valence-corrected chi connectivity index (χ0v) is 6.91. The molecule has 0 atom stereocenters. The summed E-state index contributed by atoms with van der Waals surface area (Å²) in [7, 11) is 0. The highest BCUT2D eigenvalue weighted by molar-refractivity contribution is 5.91. The van der Waals surface area contributed by atoms with E-state index in [9.17, 15) is 31.1 Å². The summed E-state index contributed by atoms with van der Waals surface area (Å²) in [5.41, 5.74) is 0. The smallest absolute Gasteiger partial charge is 0.334 e. The lowest BCUT2D eigenvalue weighted by Crippen LogP contribution is -2.57. The van der Waals surface area contributed by atoms with Crippen LogP contribution in [0.15, 0.2) is 0 Å². The van der Waals surface area contributed by atoms with Gasteiger partial charge >= 0.3 is 23.9 Å². The van der Waals surface area contributed by atoms with Gasteiger partial charge in [-0.25, -0.2) is 0 Å². The Hall–Kier alpha value is -0.830. The van der Waals surface area contributed by atoms with Crippen molar-refractivity contribution < 1.29 is 40.6 Å². The first-order valence-corrected chi connectivity index (χ1v) is 3.57. The molecule has 1 fully saturated rings. The number of rotatable bonds is 1. The minimum Gasteiger partial charge on any atom is -0.334 e. The van der Waals surface area contributed by atoms with Crippen molar-refractivity contribution in [3.05, 3.63) is 0 Å². The molecule has 0 spiro atoms. The van der Waals surface area contributed by atoms with Crippen LogP contribution in [0.3, 0.4) is 0 Å². The number of carbonyl (C=O) groups is 1. The minimum absolute atomic E-state index is 0.721. The highest BCUT2D eigenvalue weighted by Crippen LogP contribution is 2.42. The summed E-state index contributed by atoms with van der Waals surface area (Å²) in [6.07, 6.45) is -11.2. The molecular weight excluding hydrogens is 234 g/mol. The van der Waals surface area contributed by atoms with Gasteiger partial charge in [0.15, 0.2) is 0 Å². The van der Waals surface area contributed by atoms with Gasteiger partial charge in [0.2, 0.25) is 0 Å². The van der Waals surface area contributed by atoms with Gasteiger partial charge in [0.25, 0.3) is 0 Å². The molecule has 88 valence electrons. The van der Waals surface area contributed by atoms with Crippen molar-refractivity contribution in [1.82, 2.24) is 0 Å². The van der Waals surface area contributed by atoms with Crippen molar-refractivity contribution >= 4 is 5.78 Å². The maximum Gasteiger partial charge on any atom is 0.456 e. The third kappa shape index (κ3) is 1.93. The van der Waals surface area contributed by atoms with Gasteiger partial charge in [-0.05, 0) is 0 Å². The highest BCUT2D eigenvalue weighted by atomic mass is 19.4. The number of Topliss-reactive ketones (excluding diaryl/α,β-unsaturated/α-hetero) is 1. The molecule has 0 unspecified atom stereocenters. The lowest BCUT2D eigenvalue weighted by atomic mass is 10.1. The first-order chi connectivity index (χ1) is 6.61. The predicted molar refractivity (Wildman–Crippen MR) is 31.8 cm³/mol. The van der Waals surface area contributed by atoms with Crippen molar-refractivity contribution in [2.45, 2.75) is 18.1 Å². The summed E-state index contributed by atoms with van der Waals surface area (Å²) in [6.45, 7) is -1.44. The standard InChI is InChI=1S/C6H4F6O3/c7-5(8,9)3(13)4(6(10,11)12)14-1-2-15-4/h1-2H2. The fraction of sp³-hybridized carbons (Fsp3) is 0.833. The second-order valence-electron chi connectivity index (χ2n) is 2.64. The van der Waals surface area contributed by atoms with Crippen molar-refractivity contribution in [3.8, 4) is 0 Å². The summed E-state index contributed by atoms with van der Waals surface area (Å²) < 4.78 is 79.8. The molecule has 3 nitrogen and oxygen atoms in total. The van der Waals surface area contributed by atoms with Crippen LogP contribution in [0.2, 0.25) is 0 Å². The van der Waals surface area contributed by atoms with E-state index in [1.165, 1.54) is 0 Å². The predicted octanol–water partition coefficient (Wildman–Crippen LogP) is 1.42. The lowest BCUT2D eigenvalue weighted by Gasteiger charge is -2.28.